The molecule has 1 aliphatic rings. The number of nitrogens with one attached hydrogen (secondary N) is 2. The molecule has 3 aromatic rings. The van der Waals surface area contributed by atoms with Crippen LogP contribution in [-0.2, 0) is 5.41 Å². The summed E-state index contributed by atoms with van der Waals surface area (Å²) < 4.78 is 5.71. The lowest BCUT2D eigenvalue weighted by Gasteiger charge is -2.26. The minimum atomic E-state index is 0.106. The molecule has 0 aliphatic carbocycles. The third kappa shape index (κ3) is 11.5. The van der Waals surface area contributed by atoms with Gasteiger partial charge in [0, 0.05) is 35.9 Å². The van der Waals surface area contributed by atoms with E-state index < -0.39 is 0 Å². The summed E-state index contributed by atoms with van der Waals surface area (Å²) in [5.74, 6) is 1.56. The number of unbranched alkanes of at least 4 members (excludes halogenated alkanes) is 1. The molecule has 0 bridgehead atoms. The monoisotopic (exact) mass is 636 g/mol. The molecule has 3 aromatic carbocycles. The van der Waals surface area contributed by atoms with Gasteiger partial charge in [0.05, 0.1) is 18.0 Å². The number of ether oxygens (including phenoxy) is 1. The number of anilines is 2. The first-order valence-electron chi connectivity index (χ1n) is 17.2. The Kier molecular flexibility index (Phi) is 15.6. The van der Waals surface area contributed by atoms with Gasteiger partial charge >= 0.3 is 0 Å². The van der Waals surface area contributed by atoms with Crippen LogP contribution in [0.1, 0.15) is 109 Å². The number of hydrogen-bond acceptors (Lipinski definition) is 5. The van der Waals surface area contributed by atoms with E-state index in [1.54, 1.807) is 0 Å². The van der Waals surface area contributed by atoms with Gasteiger partial charge < -0.3 is 20.3 Å². The fourth-order valence-corrected chi connectivity index (χ4v) is 4.84. The van der Waals surface area contributed by atoms with Crippen LogP contribution >= 0.6 is 0 Å². The van der Waals surface area contributed by atoms with E-state index in [1.165, 1.54) is 30.4 Å². The normalized spacial score (nSPS) is 12.5. The van der Waals surface area contributed by atoms with E-state index in [0.29, 0.717) is 12.4 Å². The van der Waals surface area contributed by atoms with Crippen LogP contribution in [0.2, 0.25) is 0 Å². The van der Waals surface area contributed by atoms with Gasteiger partial charge in [-0.15, -0.1) is 0 Å². The van der Waals surface area contributed by atoms with Crippen molar-refractivity contribution in [2.75, 3.05) is 24.3 Å². The van der Waals surface area contributed by atoms with Gasteiger partial charge in [-0.3, -0.25) is 0 Å². The van der Waals surface area contributed by atoms with Crippen LogP contribution in [0.3, 0.4) is 0 Å². The van der Waals surface area contributed by atoms with Crippen LogP contribution in [0.4, 0.5) is 11.4 Å². The van der Waals surface area contributed by atoms with Crippen LogP contribution in [-0.4, -0.2) is 24.4 Å². The minimum Gasteiger partial charge on any atom is -0.494 e. The molecule has 0 saturated carbocycles. The van der Waals surface area contributed by atoms with Crippen molar-refractivity contribution in [3.8, 4) is 5.75 Å². The molecule has 5 nitrogen and oxygen atoms in total. The highest BCUT2D eigenvalue weighted by Crippen LogP contribution is 2.32. The van der Waals surface area contributed by atoms with Gasteiger partial charge in [0.15, 0.2) is 5.84 Å². The van der Waals surface area contributed by atoms with Crippen molar-refractivity contribution in [3.05, 3.63) is 114 Å². The van der Waals surface area contributed by atoms with Crippen molar-refractivity contribution in [2.24, 2.45) is 4.99 Å². The third-order valence-corrected chi connectivity index (χ3v) is 7.62. The van der Waals surface area contributed by atoms with Crippen molar-refractivity contribution < 1.29 is 4.74 Å². The second-order valence-electron chi connectivity index (χ2n) is 13.1. The van der Waals surface area contributed by atoms with Gasteiger partial charge in [-0.25, -0.2) is 4.99 Å². The van der Waals surface area contributed by atoms with Crippen molar-refractivity contribution in [3.63, 3.8) is 0 Å². The number of nitrogens with zero attached hydrogens (tertiary/aromatic N) is 2. The molecule has 0 atom stereocenters. The molecule has 2 N–H and O–H groups in total. The zero-order valence-corrected chi connectivity index (χ0v) is 31.1. The summed E-state index contributed by atoms with van der Waals surface area (Å²) in [5.41, 5.74) is 10.4. The third-order valence-electron chi connectivity index (χ3n) is 7.62. The lowest BCUT2D eigenvalue weighted by atomic mass is 9.83. The molecule has 0 amide bonds. The van der Waals surface area contributed by atoms with Crippen molar-refractivity contribution >= 4 is 28.6 Å². The maximum absolute atomic E-state index is 5.71. The Morgan fingerprint density at radius 1 is 0.894 bits per heavy atom. The quantitative estimate of drug-likeness (QED) is 0.245. The Morgan fingerprint density at radius 3 is 2.09 bits per heavy atom. The first-order valence-corrected chi connectivity index (χ1v) is 17.2. The fourth-order valence-electron chi connectivity index (χ4n) is 4.84. The molecule has 0 saturated heterocycles. The van der Waals surface area contributed by atoms with E-state index in [9.17, 15) is 0 Å². The van der Waals surface area contributed by atoms with E-state index in [1.807, 2.05) is 48.5 Å². The van der Waals surface area contributed by atoms with E-state index >= 15 is 0 Å². The Hall–Kier alpha value is -4.25. The molecule has 1 heterocycles. The van der Waals surface area contributed by atoms with Gasteiger partial charge in [0.1, 0.15) is 5.75 Å². The van der Waals surface area contributed by atoms with Crippen LogP contribution in [0, 0.1) is 13.8 Å². The van der Waals surface area contributed by atoms with Crippen LogP contribution in [0.5, 0.6) is 5.75 Å². The predicted octanol–water partition coefficient (Wildman–Crippen LogP) is 12.0. The first kappa shape index (κ1) is 38.9. The lowest BCUT2D eigenvalue weighted by molar-refractivity contribution is 0.317. The second kappa shape index (κ2) is 18.8. The SMILES string of the molecule is C=C(Nc1cccc(C2=CN(C)C(=C)C(Nc3ccc(OCCC)cc3)=N2)c1C)c1ccc(C(C)(C)C)c(C)c1.CCC.CCCC. The van der Waals surface area contributed by atoms with Crippen molar-refractivity contribution in [1.82, 2.24) is 4.90 Å². The Bertz CT molecular complexity index is 1520. The van der Waals surface area contributed by atoms with Gasteiger partial charge in [-0.1, -0.05) is 112 Å². The molecule has 0 fully saturated rings. The van der Waals surface area contributed by atoms with Crippen LogP contribution in [0.25, 0.3) is 11.4 Å². The topological polar surface area (TPSA) is 48.9 Å². The Balaban J connectivity index is 0.00000100. The smallest absolute Gasteiger partial charge is 0.154 e. The summed E-state index contributed by atoms with van der Waals surface area (Å²) in [7, 11) is 1.99. The van der Waals surface area contributed by atoms with Gasteiger partial charge in [0.25, 0.3) is 0 Å². The molecule has 5 heteroatoms. The summed E-state index contributed by atoms with van der Waals surface area (Å²) >= 11 is 0. The first-order chi connectivity index (χ1) is 22.3. The Labute approximate surface area is 286 Å². The number of rotatable bonds is 9. The average Bonchev–Trinajstić information content (AvgIpc) is 3.03. The molecule has 254 valence electrons. The zero-order valence-electron chi connectivity index (χ0n) is 31.1. The number of aryl methyl sites for hydroxylation is 1. The number of likely N-dealkylation sites (N-methyl/N-ethyl adjacent to an activating group) is 1. The highest BCUT2D eigenvalue weighted by molar-refractivity contribution is 6.10. The molecule has 1 aliphatic heterocycles. The molecular weight excluding hydrogens is 576 g/mol. The van der Waals surface area contributed by atoms with Crippen molar-refractivity contribution in [1.29, 1.82) is 0 Å². The zero-order chi connectivity index (χ0) is 35.1. The molecule has 0 unspecified atom stereocenters. The maximum atomic E-state index is 5.71. The molecule has 0 aromatic heterocycles. The highest BCUT2D eigenvalue weighted by Gasteiger charge is 2.20. The van der Waals surface area contributed by atoms with E-state index in [0.717, 1.165) is 57.3 Å². The number of aliphatic imine (C=N–C) groups is 1. The number of benzene rings is 3. The van der Waals surface area contributed by atoms with Crippen molar-refractivity contribution in [2.45, 2.75) is 100 Å². The molecular formula is C42H60N4O. The second-order valence-corrected chi connectivity index (χ2v) is 13.1. The summed E-state index contributed by atoms with van der Waals surface area (Å²) in [5, 5.41) is 6.99. The predicted molar refractivity (Wildman–Crippen MR) is 208 cm³/mol. The van der Waals surface area contributed by atoms with Gasteiger partial charge in [0.2, 0.25) is 0 Å². The van der Waals surface area contributed by atoms with Crippen LogP contribution < -0.4 is 15.4 Å². The summed E-state index contributed by atoms with van der Waals surface area (Å²) in [6, 6.07) is 20.7. The number of hydrogen-bond donors (Lipinski definition) is 2. The number of amidine groups is 1. The minimum absolute atomic E-state index is 0.106. The lowest BCUT2D eigenvalue weighted by Crippen LogP contribution is -2.27. The standard InChI is InChI=1S/C35H42N4O.C4H10.C3H8/c1-10-20-40-29-17-15-28(16-18-29)37-34-26(5)39(9)22-33(38-34)30-12-11-13-32(24(30)3)36-25(4)27-14-19-31(23(2)21-27)35(6,7)8;1-3-4-2;1-3-2/h11-19,21-22,36H,4-5,10,20H2,1-3,6-9H3,(H,37,38);3-4H2,1-2H3;3H2,1-2H3. The molecule has 4 rings (SSSR count). The summed E-state index contributed by atoms with van der Waals surface area (Å²) in [6.45, 7) is 31.0. The Morgan fingerprint density at radius 2 is 1.53 bits per heavy atom. The molecule has 47 heavy (non-hydrogen) atoms. The molecule has 0 spiro atoms. The summed E-state index contributed by atoms with van der Waals surface area (Å²) in [4.78, 5) is 6.98. The summed E-state index contributed by atoms with van der Waals surface area (Å²) in [6.07, 6.45) is 6.89. The fraction of sp³-hybridized carbons (Fsp3) is 0.405. The van der Waals surface area contributed by atoms with E-state index in [-0.39, 0.29) is 5.41 Å². The maximum Gasteiger partial charge on any atom is 0.154 e. The van der Waals surface area contributed by atoms with Gasteiger partial charge in [-0.2, -0.15) is 0 Å². The molecule has 0 radical (unpaired) electrons. The highest BCUT2D eigenvalue weighted by atomic mass is 16.5. The van der Waals surface area contributed by atoms with Crippen LogP contribution in [0.15, 0.2) is 90.7 Å². The van der Waals surface area contributed by atoms with E-state index in [2.05, 4.69) is 123 Å². The van der Waals surface area contributed by atoms with E-state index in [4.69, 9.17) is 9.73 Å². The average molecular weight is 637 g/mol. The van der Waals surface area contributed by atoms with Gasteiger partial charge in [-0.05, 0) is 84.3 Å². The largest absolute Gasteiger partial charge is 0.494 e.